The number of piperazine rings is 1. The summed E-state index contributed by atoms with van der Waals surface area (Å²) in [6, 6.07) is 6.89. The van der Waals surface area contributed by atoms with Crippen molar-refractivity contribution in [2.75, 3.05) is 56.1 Å². The molecule has 4 aromatic heterocycles. The number of rotatable bonds is 12. The minimum absolute atomic E-state index is 0.0115. The molecule has 18 nitrogen and oxygen atoms in total. The van der Waals surface area contributed by atoms with Gasteiger partial charge in [-0.05, 0) is 63.5 Å². The summed E-state index contributed by atoms with van der Waals surface area (Å²) in [6.45, 7) is 7.48. The largest absolute Gasteiger partial charge is 0.374 e. The molecule has 2 N–H and O–H groups in total. The molecule has 4 saturated heterocycles. The Hall–Kier alpha value is -5.83. The van der Waals surface area contributed by atoms with Crippen LogP contribution in [0.4, 0.5) is 20.3 Å². The van der Waals surface area contributed by atoms with Gasteiger partial charge in [-0.1, -0.05) is 24.3 Å². The van der Waals surface area contributed by atoms with Crippen molar-refractivity contribution in [2.24, 2.45) is 13.0 Å². The maximum atomic E-state index is 14.3. The van der Waals surface area contributed by atoms with Gasteiger partial charge in [0, 0.05) is 70.7 Å². The minimum atomic E-state index is -2.87. The molecule has 5 fully saturated rings. The van der Waals surface area contributed by atoms with E-state index in [4.69, 9.17) is 14.6 Å². The van der Waals surface area contributed by atoms with Gasteiger partial charge >= 0.3 is 5.69 Å². The summed E-state index contributed by atoms with van der Waals surface area (Å²) in [4.78, 5) is 66.9. The summed E-state index contributed by atoms with van der Waals surface area (Å²) in [5.74, 6) is -0.172. The number of alkyl halides is 2. The van der Waals surface area contributed by atoms with Crippen LogP contribution in [0.1, 0.15) is 92.0 Å². The number of imidazole rings is 1. The summed E-state index contributed by atoms with van der Waals surface area (Å²) < 4.78 is 40.5. The topological polar surface area (TPSA) is 178 Å². The maximum absolute atomic E-state index is 14.3. The third kappa shape index (κ3) is 8.11. The normalized spacial score (nSPS) is 25.1. The lowest BCUT2D eigenvalue weighted by molar-refractivity contribution is -0.195. The van der Waals surface area contributed by atoms with E-state index in [1.165, 1.54) is 21.5 Å². The smallest absolute Gasteiger partial charge is 0.329 e. The molecule has 5 aliphatic rings. The van der Waals surface area contributed by atoms with Crippen LogP contribution in [-0.4, -0.2) is 125 Å². The highest BCUT2D eigenvalue weighted by atomic mass is 19.3. The molecule has 20 heteroatoms. The van der Waals surface area contributed by atoms with Gasteiger partial charge in [0.2, 0.25) is 11.8 Å². The lowest BCUT2D eigenvalue weighted by atomic mass is 9.85. The number of piperidine rings is 1. The van der Waals surface area contributed by atoms with Crippen LogP contribution in [0.3, 0.4) is 0 Å². The van der Waals surface area contributed by atoms with E-state index in [1.54, 1.807) is 22.5 Å². The number of halogens is 2. The van der Waals surface area contributed by atoms with E-state index in [2.05, 4.69) is 30.6 Å². The first kappa shape index (κ1) is 42.1. The molecular weight excluding hydrogens is 831 g/mol. The monoisotopic (exact) mass is 882 g/mol. The van der Waals surface area contributed by atoms with E-state index in [-0.39, 0.29) is 60.0 Å². The van der Waals surface area contributed by atoms with Crippen LogP contribution in [-0.2, 0) is 26.2 Å². The fourth-order valence-corrected chi connectivity index (χ4v) is 10.2. The predicted octanol–water partition coefficient (Wildman–Crippen LogP) is 4.11. The highest BCUT2D eigenvalue weighted by Gasteiger charge is 2.40. The number of benzene rings is 1. The van der Waals surface area contributed by atoms with Gasteiger partial charge in [0.1, 0.15) is 17.4 Å². The third-order valence-electron chi connectivity index (χ3n) is 13.6. The van der Waals surface area contributed by atoms with E-state index >= 15 is 0 Å². The molecule has 5 aromatic rings. The number of amides is 3. The molecule has 2 bridgehead atoms. The van der Waals surface area contributed by atoms with Crippen LogP contribution in [0.15, 0.2) is 53.7 Å². The van der Waals surface area contributed by atoms with Crippen LogP contribution in [0, 0.1) is 5.92 Å². The van der Waals surface area contributed by atoms with E-state index in [9.17, 15) is 28.0 Å². The SMILES string of the molecule is C[C@H](/C=C/c1cccc2c1n(C)c(=O)n2C1CCC(=O)NC1=O)ON1CCN(CC2CCC(n3cc(NC(=O)c4cnn5ccc(N6C[C@H]7C[C@@H]6CO7)nc45)c(C(F)F)n3)CC2)CC1. The number of carbonyl (C=O) groups excluding carboxylic acids is 3. The molecule has 1 saturated carbocycles. The number of hydrogen-bond donors (Lipinski definition) is 2. The Morgan fingerprint density at radius 3 is 2.61 bits per heavy atom. The highest BCUT2D eigenvalue weighted by molar-refractivity contribution is 6.08. The Balaban J connectivity index is 0.704. The number of anilines is 2. The van der Waals surface area contributed by atoms with Crippen LogP contribution in [0.5, 0.6) is 0 Å². The van der Waals surface area contributed by atoms with Gasteiger partial charge in [-0.15, -0.1) is 0 Å². The average Bonchev–Trinajstić information content (AvgIpc) is 4.14. The van der Waals surface area contributed by atoms with Crippen LogP contribution < -0.4 is 21.2 Å². The summed E-state index contributed by atoms with van der Waals surface area (Å²) in [6.07, 6.45) is 10.5. The number of para-hydroxylation sites is 1. The number of morpholine rings is 1. The van der Waals surface area contributed by atoms with E-state index in [1.807, 2.05) is 48.4 Å². The first-order chi connectivity index (χ1) is 31.0. The standard InChI is InChI=1S/C44H52F2N12O6/c1-26(6-9-28-4-3-5-34-39(28)52(2)44(62)58(34)35-12-13-37(59)50-43(35)61)64-54-18-16-53(17-19-54)22-27-7-10-29(11-8-27)57-24-33(38(51-57)40(45)46)48-42(60)32-21-47-56-15-14-36(49-41(32)56)55-23-31-20-30(55)25-63-31/h3-6,9,14-15,21,24,26-27,29-31,35,40H,7-8,10-13,16-20,22-23,25H2,1-2H3,(H,48,60)(H,50,59,61)/b9-6+/t26-,27?,29?,30-,31-,35?/m1/s1. The zero-order valence-electron chi connectivity index (χ0n) is 35.8. The molecular formula is C44H52F2N12O6. The van der Waals surface area contributed by atoms with Gasteiger partial charge in [0.25, 0.3) is 12.3 Å². The molecule has 4 atom stereocenters. The van der Waals surface area contributed by atoms with Crippen molar-refractivity contribution in [3.63, 3.8) is 0 Å². The number of aromatic nitrogens is 7. The molecule has 0 spiro atoms. The first-order valence-electron chi connectivity index (χ1n) is 22.2. The average molecular weight is 883 g/mol. The van der Waals surface area contributed by atoms with Crippen molar-refractivity contribution in [1.82, 2.24) is 48.8 Å². The molecule has 10 rings (SSSR count). The minimum Gasteiger partial charge on any atom is -0.374 e. The van der Waals surface area contributed by atoms with Gasteiger partial charge in [-0.3, -0.25) is 38.4 Å². The number of hydrogen-bond acceptors (Lipinski definition) is 12. The number of ether oxygens (including phenoxy) is 1. The van der Waals surface area contributed by atoms with Crippen molar-refractivity contribution in [1.29, 1.82) is 0 Å². The summed E-state index contributed by atoms with van der Waals surface area (Å²) in [7, 11) is 1.69. The van der Waals surface area contributed by atoms with Gasteiger partial charge in [0.15, 0.2) is 11.3 Å². The Labute approximate surface area is 366 Å². The zero-order valence-corrected chi connectivity index (χ0v) is 35.8. The Morgan fingerprint density at radius 2 is 1.88 bits per heavy atom. The van der Waals surface area contributed by atoms with Crippen molar-refractivity contribution in [2.45, 2.75) is 88.6 Å². The molecule has 338 valence electrons. The van der Waals surface area contributed by atoms with Crippen LogP contribution >= 0.6 is 0 Å². The number of imide groups is 1. The Morgan fingerprint density at radius 1 is 1.06 bits per heavy atom. The van der Waals surface area contributed by atoms with Crippen molar-refractivity contribution < 1.29 is 32.7 Å². The van der Waals surface area contributed by atoms with Crippen LogP contribution in [0.2, 0.25) is 0 Å². The fourth-order valence-electron chi connectivity index (χ4n) is 10.2. The predicted molar refractivity (Wildman–Crippen MR) is 231 cm³/mol. The second-order valence-corrected chi connectivity index (χ2v) is 17.7. The second kappa shape index (κ2) is 17.3. The summed E-state index contributed by atoms with van der Waals surface area (Å²) in [5.41, 5.74) is 1.91. The van der Waals surface area contributed by atoms with Crippen LogP contribution in [0.25, 0.3) is 22.8 Å². The summed E-state index contributed by atoms with van der Waals surface area (Å²) >= 11 is 0. The second-order valence-electron chi connectivity index (χ2n) is 17.7. The number of nitrogens with zero attached hydrogens (tertiary/aromatic N) is 10. The molecule has 3 amide bonds. The number of aryl methyl sites for hydroxylation is 1. The molecule has 4 aliphatic heterocycles. The molecule has 1 unspecified atom stereocenters. The number of nitrogens with one attached hydrogen (secondary N) is 2. The Bertz CT molecular complexity index is 2670. The number of carbonyl (C=O) groups is 3. The maximum Gasteiger partial charge on any atom is 0.329 e. The van der Waals surface area contributed by atoms with Gasteiger partial charge in [-0.25, -0.2) is 23.1 Å². The van der Waals surface area contributed by atoms with Crippen molar-refractivity contribution >= 4 is 52.0 Å². The number of fused-ring (bicyclic) bond motifs is 4. The van der Waals surface area contributed by atoms with Gasteiger partial charge in [0.05, 0.1) is 53.8 Å². The van der Waals surface area contributed by atoms with E-state index in [0.717, 1.165) is 82.8 Å². The van der Waals surface area contributed by atoms with E-state index in [0.29, 0.717) is 29.2 Å². The quantitative estimate of drug-likeness (QED) is 0.172. The molecule has 1 aromatic carbocycles. The fraction of sp³-hybridized carbons (Fsp3) is 0.523. The van der Waals surface area contributed by atoms with Gasteiger partial charge < -0.3 is 19.9 Å². The highest BCUT2D eigenvalue weighted by Crippen LogP contribution is 2.36. The lowest BCUT2D eigenvalue weighted by Crippen LogP contribution is -2.48. The molecule has 64 heavy (non-hydrogen) atoms. The zero-order chi connectivity index (χ0) is 44.2. The lowest BCUT2D eigenvalue weighted by Gasteiger charge is -2.38. The first-order valence-corrected chi connectivity index (χ1v) is 22.2. The van der Waals surface area contributed by atoms with Crippen molar-refractivity contribution in [3.05, 3.63) is 76.2 Å². The van der Waals surface area contributed by atoms with Gasteiger partial charge in [-0.2, -0.15) is 15.3 Å². The Kier molecular flexibility index (Phi) is 11.4. The van der Waals surface area contributed by atoms with E-state index < -0.39 is 30.0 Å². The van der Waals surface area contributed by atoms with Crippen molar-refractivity contribution in [3.8, 4) is 0 Å². The molecule has 1 aliphatic carbocycles. The third-order valence-corrected chi connectivity index (χ3v) is 13.6. The molecule has 0 radical (unpaired) electrons. The summed E-state index contributed by atoms with van der Waals surface area (Å²) in [5, 5.41) is 15.6. The molecule has 8 heterocycles. The number of hydroxylamine groups is 2.